The van der Waals surface area contributed by atoms with Crippen LogP contribution in [0.4, 0.5) is 5.82 Å². The Morgan fingerprint density at radius 3 is 2.56 bits per heavy atom. The minimum absolute atomic E-state index is 0.0174. The first-order valence-electron chi connectivity index (χ1n) is 12.6. The molecular formula is C29H26N6O3S. The average Bonchev–Trinajstić information content (AvgIpc) is 3.62. The maximum atomic E-state index is 13.9. The van der Waals surface area contributed by atoms with Gasteiger partial charge in [-0.25, -0.2) is 22.1 Å². The number of anilines is 1. The summed E-state index contributed by atoms with van der Waals surface area (Å²) in [6.07, 6.45) is 3.19. The Morgan fingerprint density at radius 1 is 1.03 bits per heavy atom. The Hall–Kier alpha value is -4.70. The predicted molar refractivity (Wildman–Crippen MR) is 151 cm³/mol. The number of nitrogen functional groups attached to an aromatic ring is 1. The molecule has 0 radical (unpaired) electrons. The number of aryl methyl sites for hydroxylation is 2. The van der Waals surface area contributed by atoms with E-state index in [9.17, 15) is 13.2 Å². The van der Waals surface area contributed by atoms with Gasteiger partial charge >= 0.3 is 0 Å². The normalized spacial score (nSPS) is 11.9. The van der Waals surface area contributed by atoms with Gasteiger partial charge in [0, 0.05) is 11.8 Å². The summed E-state index contributed by atoms with van der Waals surface area (Å²) in [5.41, 5.74) is 10.2. The van der Waals surface area contributed by atoms with Gasteiger partial charge in [0.05, 0.1) is 38.9 Å². The summed E-state index contributed by atoms with van der Waals surface area (Å²) in [5, 5.41) is 4.99. The lowest BCUT2D eigenvalue weighted by Crippen LogP contribution is -2.19. The van der Waals surface area contributed by atoms with Crippen LogP contribution in [0.25, 0.3) is 27.6 Å². The molecule has 0 aliphatic rings. The van der Waals surface area contributed by atoms with Crippen molar-refractivity contribution in [3.63, 3.8) is 0 Å². The number of carbonyl (C=O) groups is 1. The van der Waals surface area contributed by atoms with Gasteiger partial charge in [0.2, 0.25) is 5.78 Å². The number of H-pyrrole nitrogens is 1. The highest BCUT2D eigenvalue weighted by Gasteiger charge is 2.29. The smallest absolute Gasteiger partial charge is 0.268 e. The van der Waals surface area contributed by atoms with Gasteiger partial charge in [0.1, 0.15) is 17.3 Å². The summed E-state index contributed by atoms with van der Waals surface area (Å²) < 4.78 is 30.2. The number of rotatable bonds is 7. The maximum Gasteiger partial charge on any atom is 0.268 e. The van der Waals surface area contributed by atoms with Crippen LogP contribution in [0.5, 0.6) is 0 Å². The van der Waals surface area contributed by atoms with Crippen LogP contribution >= 0.6 is 0 Å². The zero-order valence-corrected chi connectivity index (χ0v) is 22.2. The minimum atomic E-state index is -4.09. The molecule has 10 heteroatoms. The molecule has 6 aromatic rings. The first-order valence-corrected chi connectivity index (χ1v) is 14.0. The number of carbonyl (C=O) groups excluding carboxylic acids is 1. The topological polar surface area (TPSA) is 129 Å². The number of hydrogen-bond acceptors (Lipinski definition) is 6. The number of hydrogen-bond donors (Lipinski definition) is 2. The largest absolute Gasteiger partial charge is 0.383 e. The molecule has 0 bridgehead atoms. The van der Waals surface area contributed by atoms with Crippen molar-refractivity contribution in [2.24, 2.45) is 0 Å². The number of aromatic nitrogens is 5. The summed E-state index contributed by atoms with van der Waals surface area (Å²) in [6.45, 7) is 3.97. The molecule has 6 rings (SSSR count). The zero-order valence-electron chi connectivity index (χ0n) is 21.4. The number of nitrogens with one attached hydrogen (secondary N) is 1. The van der Waals surface area contributed by atoms with Gasteiger partial charge in [0.15, 0.2) is 0 Å². The molecule has 3 N–H and O–H groups in total. The van der Waals surface area contributed by atoms with E-state index < -0.39 is 15.8 Å². The summed E-state index contributed by atoms with van der Waals surface area (Å²) in [5.74, 6) is 0.465. The highest BCUT2D eigenvalue weighted by atomic mass is 32.2. The summed E-state index contributed by atoms with van der Waals surface area (Å²) in [6, 6.07) is 20.7. The molecule has 0 atom stereocenters. The number of nitrogens with zero attached hydrogens (tertiary/aromatic N) is 4. The van der Waals surface area contributed by atoms with Gasteiger partial charge in [-0.1, -0.05) is 42.8 Å². The average molecular weight is 539 g/mol. The van der Waals surface area contributed by atoms with Crippen molar-refractivity contribution in [2.75, 3.05) is 5.73 Å². The third-order valence-electron chi connectivity index (χ3n) is 6.76. The monoisotopic (exact) mass is 538 g/mol. The highest BCUT2D eigenvalue weighted by molar-refractivity contribution is 7.90. The van der Waals surface area contributed by atoms with Crippen molar-refractivity contribution in [3.8, 4) is 5.69 Å². The molecule has 3 heterocycles. The lowest BCUT2D eigenvalue weighted by atomic mass is 10.1. The predicted octanol–water partition coefficient (Wildman–Crippen LogP) is 5.01. The third-order valence-corrected chi connectivity index (χ3v) is 8.50. The van der Waals surface area contributed by atoms with Crippen LogP contribution in [0.15, 0.2) is 83.9 Å². The molecule has 39 heavy (non-hydrogen) atoms. The van der Waals surface area contributed by atoms with E-state index in [0.717, 1.165) is 39.2 Å². The minimum Gasteiger partial charge on any atom is -0.383 e. The van der Waals surface area contributed by atoms with E-state index in [4.69, 9.17) is 5.73 Å². The molecule has 0 saturated heterocycles. The van der Waals surface area contributed by atoms with E-state index >= 15 is 0 Å². The SMILES string of the molecule is CCCc1nc2ccc(-n3ncc(C(=O)c4cc5ccccc5n4S(=O)(=O)c4ccc(C)cc4)c3N)cc2[nH]1. The molecule has 0 aliphatic heterocycles. The number of nitrogens with two attached hydrogens (primary N) is 1. The second-order valence-corrected chi connectivity index (χ2v) is 11.3. The van der Waals surface area contributed by atoms with Crippen LogP contribution in [0.3, 0.4) is 0 Å². The van der Waals surface area contributed by atoms with E-state index in [0.29, 0.717) is 16.6 Å². The first kappa shape index (κ1) is 24.6. The molecule has 0 amide bonds. The molecule has 0 unspecified atom stereocenters. The van der Waals surface area contributed by atoms with E-state index in [1.807, 2.05) is 25.1 Å². The van der Waals surface area contributed by atoms with Gasteiger partial charge in [-0.05, 0) is 55.8 Å². The van der Waals surface area contributed by atoms with Gasteiger partial charge in [0.25, 0.3) is 10.0 Å². The third kappa shape index (κ3) is 4.09. The number of imidazole rings is 1. The lowest BCUT2D eigenvalue weighted by molar-refractivity contribution is 0.103. The lowest BCUT2D eigenvalue weighted by Gasteiger charge is -2.12. The van der Waals surface area contributed by atoms with E-state index in [1.54, 1.807) is 42.5 Å². The Balaban J connectivity index is 1.45. The van der Waals surface area contributed by atoms with Crippen molar-refractivity contribution in [1.29, 1.82) is 0 Å². The van der Waals surface area contributed by atoms with Crippen LogP contribution in [0.2, 0.25) is 0 Å². The maximum absolute atomic E-state index is 13.9. The van der Waals surface area contributed by atoms with Crippen molar-refractivity contribution < 1.29 is 13.2 Å². The van der Waals surface area contributed by atoms with Crippen LogP contribution in [-0.4, -0.2) is 37.9 Å². The Kier molecular flexibility index (Phi) is 5.84. The number of aromatic amines is 1. The van der Waals surface area contributed by atoms with Crippen LogP contribution in [0, 0.1) is 6.92 Å². The zero-order chi connectivity index (χ0) is 27.3. The molecule has 0 spiro atoms. The van der Waals surface area contributed by atoms with Gasteiger partial charge in [-0.3, -0.25) is 4.79 Å². The summed E-state index contributed by atoms with van der Waals surface area (Å²) >= 11 is 0. The van der Waals surface area contributed by atoms with E-state index in [-0.39, 0.29) is 22.0 Å². The van der Waals surface area contributed by atoms with Crippen LogP contribution in [0.1, 0.15) is 40.8 Å². The Morgan fingerprint density at radius 2 is 1.79 bits per heavy atom. The molecule has 0 saturated carbocycles. The first-order chi connectivity index (χ1) is 18.8. The molecule has 3 aromatic heterocycles. The summed E-state index contributed by atoms with van der Waals surface area (Å²) in [7, 11) is -4.09. The molecule has 9 nitrogen and oxygen atoms in total. The molecule has 0 aliphatic carbocycles. The van der Waals surface area contributed by atoms with Gasteiger partial charge in [-0.15, -0.1) is 0 Å². The molecular weight excluding hydrogens is 512 g/mol. The molecule has 0 fully saturated rings. The van der Waals surface area contributed by atoms with Crippen LogP contribution < -0.4 is 5.73 Å². The standard InChI is InChI=1S/C29H26N6O3S/c1-3-6-27-32-23-14-11-20(16-24(23)33-27)34-29(30)22(17-31-34)28(36)26-15-19-7-4-5-8-25(19)35(26)39(37,38)21-12-9-18(2)10-13-21/h4-5,7-17H,3,6,30H2,1-2H3,(H,32,33). The van der Waals surface area contributed by atoms with Crippen molar-refractivity contribution in [3.05, 3.63) is 102 Å². The molecule has 3 aromatic carbocycles. The number of benzene rings is 3. The van der Waals surface area contributed by atoms with Crippen molar-refractivity contribution in [1.82, 2.24) is 23.7 Å². The summed E-state index contributed by atoms with van der Waals surface area (Å²) in [4.78, 5) is 21.9. The quantitative estimate of drug-likeness (QED) is 0.275. The Labute approximate surface area is 225 Å². The van der Waals surface area contributed by atoms with Crippen molar-refractivity contribution in [2.45, 2.75) is 31.6 Å². The van der Waals surface area contributed by atoms with E-state index in [1.165, 1.54) is 23.0 Å². The second kappa shape index (κ2) is 9.25. The number of para-hydroxylation sites is 1. The number of ketones is 1. The van der Waals surface area contributed by atoms with Gasteiger partial charge in [-0.2, -0.15) is 5.10 Å². The second-order valence-electron chi connectivity index (χ2n) is 9.49. The Bertz CT molecular complexity index is 1980. The fraction of sp³-hybridized carbons (Fsp3) is 0.138. The highest BCUT2D eigenvalue weighted by Crippen LogP contribution is 2.29. The number of fused-ring (bicyclic) bond motifs is 2. The fourth-order valence-corrected chi connectivity index (χ4v) is 6.29. The van der Waals surface area contributed by atoms with Crippen LogP contribution in [-0.2, 0) is 16.4 Å². The fourth-order valence-electron chi connectivity index (χ4n) is 4.78. The van der Waals surface area contributed by atoms with Gasteiger partial charge < -0.3 is 10.7 Å². The van der Waals surface area contributed by atoms with E-state index in [2.05, 4.69) is 22.0 Å². The van der Waals surface area contributed by atoms with Crippen molar-refractivity contribution >= 4 is 43.6 Å². The molecule has 196 valence electrons.